The van der Waals surface area contributed by atoms with E-state index in [-0.39, 0.29) is 0 Å². The second-order valence-electron chi connectivity index (χ2n) is 3.17. The minimum absolute atomic E-state index is 0.452. The van der Waals surface area contributed by atoms with Gasteiger partial charge < -0.3 is 9.94 Å². The van der Waals surface area contributed by atoms with E-state index < -0.39 is 35.8 Å². The molecule has 0 heterocycles. The monoisotopic (exact) mass is 295 g/mol. The van der Waals surface area contributed by atoms with Crippen molar-refractivity contribution in [2.24, 2.45) is 0 Å². The van der Waals surface area contributed by atoms with Crippen LogP contribution in [-0.2, 0) is 24.7 Å². The molecule has 0 spiro atoms. The van der Waals surface area contributed by atoms with Crippen molar-refractivity contribution in [1.82, 2.24) is 4.89 Å². The normalized spacial score (nSPS) is 12.1. The number of carbonyl (C=O) groups is 1. The summed E-state index contributed by atoms with van der Waals surface area (Å²) in [5, 5.41) is 8.19. The molecule has 0 aliphatic heterocycles. The van der Waals surface area contributed by atoms with Crippen LogP contribution in [0.3, 0.4) is 0 Å². The van der Waals surface area contributed by atoms with Crippen LogP contribution in [0.4, 0.5) is 4.79 Å². The Morgan fingerprint density at radius 1 is 1.17 bits per heavy atom. The molecule has 0 amide bonds. The Balaban J connectivity index is 3.30. The molecule has 0 radical (unpaired) electrons. The van der Waals surface area contributed by atoms with Gasteiger partial charge in [-0.15, -0.1) is 0 Å². The highest BCUT2D eigenvalue weighted by molar-refractivity contribution is 7.93. The zero-order valence-corrected chi connectivity index (χ0v) is 10.7. The average molecular weight is 295 g/mol. The maximum atomic E-state index is 11.6. The van der Waals surface area contributed by atoms with Gasteiger partial charge in [-0.1, -0.05) is 12.1 Å². The van der Waals surface area contributed by atoms with Crippen molar-refractivity contribution in [3.8, 4) is 0 Å². The lowest BCUT2D eigenvalue weighted by Gasteiger charge is -2.08. The Kier molecular flexibility index (Phi) is 3.94. The van der Waals surface area contributed by atoms with Gasteiger partial charge in [-0.3, -0.25) is 0 Å². The first-order valence-electron chi connectivity index (χ1n) is 4.35. The van der Waals surface area contributed by atoms with Crippen LogP contribution in [0.1, 0.15) is 0 Å². The van der Waals surface area contributed by atoms with E-state index >= 15 is 0 Å². The quantitative estimate of drug-likeness (QED) is 0.747. The van der Waals surface area contributed by atoms with Crippen LogP contribution in [-0.4, -0.2) is 34.4 Å². The summed E-state index contributed by atoms with van der Waals surface area (Å²) >= 11 is 0. The maximum Gasteiger partial charge on any atom is 0.526 e. The Labute approximate surface area is 103 Å². The van der Waals surface area contributed by atoms with E-state index in [0.29, 0.717) is 0 Å². The fourth-order valence-electron chi connectivity index (χ4n) is 1.11. The second-order valence-corrected chi connectivity index (χ2v) is 6.77. The van der Waals surface area contributed by atoms with Crippen molar-refractivity contribution in [2.75, 3.05) is 6.26 Å². The van der Waals surface area contributed by atoms with Gasteiger partial charge in [-0.2, -0.15) is 0 Å². The number of sulfonamides is 1. The van der Waals surface area contributed by atoms with Crippen molar-refractivity contribution >= 4 is 26.0 Å². The summed E-state index contributed by atoms with van der Waals surface area (Å²) in [5.41, 5.74) is 0. The molecule has 0 aliphatic carbocycles. The summed E-state index contributed by atoms with van der Waals surface area (Å²) in [6.45, 7) is 0. The number of benzene rings is 1. The maximum absolute atomic E-state index is 11.6. The zero-order valence-electron chi connectivity index (χ0n) is 9.02. The highest BCUT2D eigenvalue weighted by atomic mass is 32.2. The third kappa shape index (κ3) is 3.42. The van der Waals surface area contributed by atoms with Crippen LogP contribution >= 0.6 is 0 Å². The number of hydrogen-bond acceptors (Lipinski definition) is 6. The van der Waals surface area contributed by atoms with E-state index in [2.05, 4.69) is 4.84 Å². The lowest BCUT2D eigenvalue weighted by molar-refractivity contribution is 0.0723. The van der Waals surface area contributed by atoms with Gasteiger partial charge in [-0.05, 0) is 17.0 Å². The van der Waals surface area contributed by atoms with Crippen molar-refractivity contribution in [3.05, 3.63) is 24.3 Å². The first kappa shape index (κ1) is 14.4. The first-order valence-corrected chi connectivity index (χ1v) is 7.73. The van der Waals surface area contributed by atoms with Crippen molar-refractivity contribution < 1.29 is 31.6 Å². The number of sulfone groups is 1. The lowest BCUT2D eigenvalue weighted by Crippen LogP contribution is -2.27. The molecule has 1 aromatic carbocycles. The molecular formula is C8H9NO7S2. The topological polar surface area (TPSA) is 127 Å². The summed E-state index contributed by atoms with van der Waals surface area (Å²) in [5.74, 6) is 0. The van der Waals surface area contributed by atoms with E-state index in [0.717, 1.165) is 18.4 Å². The fraction of sp³-hybridized carbons (Fsp3) is 0.125. The van der Waals surface area contributed by atoms with Gasteiger partial charge in [0.15, 0.2) is 9.84 Å². The lowest BCUT2D eigenvalue weighted by atomic mass is 10.4. The van der Waals surface area contributed by atoms with E-state index in [1.165, 1.54) is 17.0 Å². The van der Waals surface area contributed by atoms with E-state index in [9.17, 15) is 21.6 Å². The highest BCUT2D eigenvalue weighted by Crippen LogP contribution is 2.20. The third-order valence-electron chi connectivity index (χ3n) is 1.78. The fourth-order valence-corrected chi connectivity index (χ4v) is 3.52. The Hall–Kier alpha value is -1.65. The molecular weight excluding hydrogens is 286 g/mol. The number of rotatable bonds is 4. The Morgan fingerprint density at radius 3 is 2.11 bits per heavy atom. The van der Waals surface area contributed by atoms with Crippen LogP contribution in [0.15, 0.2) is 34.1 Å². The largest absolute Gasteiger partial charge is 0.526 e. The Bertz CT molecular complexity index is 662. The first-order chi connectivity index (χ1) is 8.14. The van der Waals surface area contributed by atoms with E-state index in [4.69, 9.17) is 5.11 Å². The van der Waals surface area contributed by atoms with Crippen molar-refractivity contribution in [2.45, 2.75) is 9.79 Å². The van der Waals surface area contributed by atoms with Crippen LogP contribution in [0, 0.1) is 0 Å². The number of nitrogens with one attached hydrogen (secondary N) is 1. The summed E-state index contributed by atoms with van der Waals surface area (Å²) < 4.78 is 46.1. The molecule has 10 heteroatoms. The molecule has 0 saturated heterocycles. The van der Waals surface area contributed by atoms with E-state index in [1.54, 1.807) is 0 Å². The molecule has 0 aromatic heterocycles. The number of hydrogen-bond donors (Lipinski definition) is 2. The molecule has 8 nitrogen and oxygen atoms in total. The van der Waals surface area contributed by atoms with Crippen LogP contribution in [0.2, 0.25) is 0 Å². The van der Waals surface area contributed by atoms with Gasteiger partial charge in [0.05, 0.1) is 4.90 Å². The van der Waals surface area contributed by atoms with Crippen molar-refractivity contribution in [1.29, 1.82) is 0 Å². The summed E-state index contributed by atoms with van der Waals surface area (Å²) in [7, 11) is -8.18. The van der Waals surface area contributed by atoms with Gasteiger partial charge in [0.2, 0.25) is 0 Å². The molecule has 0 atom stereocenters. The standard InChI is InChI=1S/C8H9NO7S2/c1-17(12,13)6-4-2-3-5-7(6)18(14,15)9-16-8(10)11/h2-5,9H,1H3,(H,10,11). The van der Waals surface area contributed by atoms with Gasteiger partial charge in [-0.25, -0.2) is 21.6 Å². The molecule has 1 rings (SSSR count). The van der Waals surface area contributed by atoms with Gasteiger partial charge >= 0.3 is 6.16 Å². The molecule has 100 valence electrons. The molecule has 0 saturated carbocycles. The van der Waals surface area contributed by atoms with Crippen LogP contribution in [0.25, 0.3) is 0 Å². The predicted molar refractivity (Wildman–Crippen MR) is 59.0 cm³/mol. The second kappa shape index (κ2) is 4.92. The number of carboxylic acid groups (broad SMARTS) is 1. The highest BCUT2D eigenvalue weighted by Gasteiger charge is 2.24. The molecule has 18 heavy (non-hydrogen) atoms. The SMILES string of the molecule is CS(=O)(=O)c1ccccc1S(=O)(=O)NOC(=O)O. The van der Waals surface area contributed by atoms with Crippen molar-refractivity contribution in [3.63, 3.8) is 0 Å². The molecule has 0 unspecified atom stereocenters. The van der Waals surface area contributed by atoms with Gasteiger partial charge in [0.1, 0.15) is 4.90 Å². The Morgan fingerprint density at radius 2 is 1.67 bits per heavy atom. The summed E-state index contributed by atoms with van der Waals surface area (Å²) in [4.78, 5) is 14.1. The van der Waals surface area contributed by atoms with Crippen LogP contribution in [0.5, 0.6) is 0 Å². The zero-order chi connectivity index (χ0) is 14.0. The van der Waals surface area contributed by atoms with Crippen LogP contribution < -0.4 is 4.89 Å². The van der Waals surface area contributed by atoms with Gasteiger partial charge in [0.25, 0.3) is 10.0 Å². The summed E-state index contributed by atoms with van der Waals surface area (Å²) in [6, 6.07) is 4.74. The van der Waals surface area contributed by atoms with Gasteiger partial charge in [0, 0.05) is 6.26 Å². The average Bonchev–Trinajstić information content (AvgIpc) is 2.25. The molecule has 0 fully saturated rings. The molecule has 2 N–H and O–H groups in total. The van der Waals surface area contributed by atoms with E-state index in [1.807, 2.05) is 0 Å². The molecule has 0 bridgehead atoms. The molecule has 1 aromatic rings. The smallest absolute Gasteiger partial charge is 0.448 e. The predicted octanol–water partition coefficient (Wildman–Crippen LogP) is -0.0220. The minimum atomic E-state index is -4.40. The molecule has 0 aliphatic rings. The summed E-state index contributed by atoms with van der Waals surface area (Å²) in [6.07, 6.45) is -1.03. The third-order valence-corrected chi connectivity index (χ3v) is 4.30. The minimum Gasteiger partial charge on any atom is -0.448 e.